The van der Waals surface area contributed by atoms with Crippen LogP contribution in [0, 0.1) is 18.6 Å². The molecule has 0 aliphatic carbocycles. The van der Waals surface area contributed by atoms with E-state index >= 15 is 0 Å². The van der Waals surface area contributed by atoms with Crippen LogP contribution in [0.1, 0.15) is 12.0 Å². The van der Waals surface area contributed by atoms with Crippen LogP contribution in [0.15, 0.2) is 17.0 Å². The molecule has 2 saturated heterocycles. The molecular weight excluding hydrogens is 326 g/mol. The van der Waals surface area contributed by atoms with Crippen molar-refractivity contribution < 1.29 is 21.9 Å². The lowest BCUT2D eigenvalue weighted by molar-refractivity contribution is -0.0840. The number of aryl methyl sites for hydroxylation is 1. The minimum Gasteiger partial charge on any atom is -0.375 e. The molecule has 5 nitrogen and oxygen atoms in total. The SMILES string of the molecule is Cc1cc(S(=O)(=O)N2CC[C@H]3OCCN(C)[C@H]3C2)c(F)cc1F. The van der Waals surface area contributed by atoms with Crippen LogP contribution in [0.3, 0.4) is 0 Å². The van der Waals surface area contributed by atoms with Gasteiger partial charge in [-0.15, -0.1) is 0 Å². The number of benzene rings is 1. The fourth-order valence-electron chi connectivity index (χ4n) is 3.20. The molecule has 2 fully saturated rings. The third kappa shape index (κ3) is 3.00. The molecule has 1 aromatic carbocycles. The van der Waals surface area contributed by atoms with Crippen LogP contribution >= 0.6 is 0 Å². The Hall–Kier alpha value is -1.09. The van der Waals surface area contributed by atoms with Crippen molar-refractivity contribution in [2.24, 2.45) is 0 Å². The largest absolute Gasteiger partial charge is 0.375 e. The molecule has 2 aliphatic heterocycles. The lowest BCUT2D eigenvalue weighted by Crippen LogP contribution is -2.59. The molecule has 2 atom stereocenters. The molecule has 0 radical (unpaired) electrons. The number of likely N-dealkylation sites (N-methyl/N-ethyl adjacent to an activating group) is 1. The predicted molar refractivity (Wildman–Crippen MR) is 80.6 cm³/mol. The summed E-state index contributed by atoms with van der Waals surface area (Å²) >= 11 is 0. The van der Waals surface area contributed by atoms with Gasteiger partial charge in [-0.25, -0.2) is 17.2 Å². The molecule has 0 saturated carbocycles. The molecule has 0 N–H and O–H groups in total. The predicted octanol–water partition coefficient (Wildman–Crippen LogP) is 1.37. The van der Waals surface area contributed by atoms with Gasteiger partial charge in [0.15, 0.2) is 0 Å². The summed E-state index contributed by atoms with van der Waals surface area (Å²) in [5, 5.41) is 0. The summed E-state index contributed by atoms with van der Waals surface area (Å²) < 4.78 is 59.9. The van der Waals surface area contributed by atoms with E-state index < -0.39 is 26.6 Å². The second kappa shape index (κ2) is 6.08. The quantitative estimate of drug-likeness (QED) is 0.812. The van der Waals surface area contributed by atoms with Crippen LogP contribution in [0.5, 0.6) is 0 Å². The van der Waals surface area contributed by atoms with Crippen molar-refractivity contribution in [2.75, 3.05) is 33.3 Å². The molecule has 0 aromatic heterocycles. The van der Waals surface area contributed by atoms with Crippen LogP contribution in [-0.4, -0.2) is 63.1 Å². The summed E-state index contributed by atoms with van der Waals surface area (Å²) in [6.07, 6.45) is 0.566. The lowest BCUT2D eigenvalue weighted by atomic mass is 10.0. The van der Waals surface area contributed by atoms with Gasteiger partial charge >= 0.3 is 0 Å². The van der Waals surface area contributed by atoms with Crippen LogP contribution in [0.4, 0.5) is 8.78 Å². The van der Waals surface area contributed by atoms with E-state index in [1.165, 1.54) is 11.2 Å². The molecular formula is C15H20F2N2O3S. The number of rotatable bonds is 2. The molecule has 128 valence electrons. The lowest BCUT2D eigenvalue weighted by Gasteiger charge is -2.45. The van der Waals surface area contributed by atoms with E-state index in [9.17, 15) is 17.2 Å². The first-order valence-corrected chi connectivity index (χ1v) is 9.02. The normalized spacial score (nSPS) is 27.0. The highest BCUT2D eigenvalue weighted by Crippen LogP contribution is 2.28. The summed E-state index contributed by atoms with van der Waals surface area (Å²) in [5.41, 5.74) is 0.109. The molecule has 0 bridgehead atoms. The third-order valence-corrected chi connectivity index (χ3v) is 6.54. The fraction of sp³-hybridized carbons (Fsp3) is 0.600. The molecule has 0 amide bonds. The summed E-state index contributed by atoms with van der Waals surface area (Å²) in [5.74, 6) is -1.80. The second-order valence-electron chi connectivity index (χ2n) is 6.14. The van der Waals surface area contributed by atoms with Crippen molar-refractivity contribution in [3.05, 3.63) is 29.3 Å². The maximum atomic E-state index is 14.0. The Bertz CT molecular complexity index is 711. The van der Waals surface area contributed by atoms with Gasteiger partial charge in [-0.2, -0.15) is 4.31 Å². The minimum atomic E-state index is -4.00. The number of piperidine rings is 1. The maximum absolute atomic E-state index is 14.0. The Morgan fingerprint density at radius 1 is 1.22 bits per heavy atom. The highest BCUT2D eigenvalue weighted by atomic mass is 32.2. The third-order valence-electron chi connectivity index (χ3n) is 4.66. The van der Waals surface area contributed by atoms with Gasteiger partial charge in [0.1, 0.15) is 16.5 Å². The van der Waals surface area contributed by atoms with Crippen LogP contribution < -0.4 is 0 Å². The van der Waals surface area contributed by atoms with Gasteiger partial charge in [-0.05, 0) is 32.0 Å². The van der Waals surface area contributed by atoms with Crippen LogP contribution in [-0.2, 0) is 14.8 Å². The van der Waals surface area contributed by atoms with Gasteiger partial charge in [-0.1, -0.05) is 0 Å². The number of morpholine rings is 1. The van der Waals surface area contributed by atoms with Crippen molar-refractivity contribution in [2.45, 2.75) is 30.4 Å². The van der Waals surface area contributed by atoms with E-state index in [4.69, 9.17) is 4.74 Å². The summed E-state index contributed by atoms with van der Waals surface area (Å²) in [6, 6.07) is 1.65. The van der Waals surface area contributed by atoms with Crippen molar-refractivity contribution >= 4 is 10.0 Å². The molecule has 23 heavy (non-hydrogen) atoms. The second-order valence-corrected chi connectivity index (χ2v) is 8.05. The van der Waals surface area contributed by atoms with Gasteiger partial charge in [0, 0.05) is 31.7 Å². The van der Waals surface area contributed by atoms with Crippen molar-refractivity contribution in [3.8, 4) is 0 Å². The zero-order valence-corrected chi connectivity index (χ0v) is 13.9. The number of hydrogen-bond acceptors (Lipinski definition) is 4. The van der Waals surface area contributed by atoms with E-state index in [2.05, 4.69) is 4.90 Å². The molecule has 3 rings (SSSR count). The van der Waals surface area contributed by atoms with Crippen molar-refractivity contribution in [3.63, 3.8) is 0 Å². The van der Waals surface area contributed by atoms with Gasteiger partial charge in [0.05, 0.1) is 12.7 Å². The van der Waals surface area contributed by atoms with Crippen LogP contribution in [0.2, 0.25) is 0 Å². The zero-order chi connectivity index (χ0) is 16.8. The van der Waals surface area contributed by atoms with Crippen LogP contribution in [0.25, 0.3) is 0 Å². The summed E-state index contributed by atoms with van der Waals surface area (Å²) in [7, 11) is -2.07. The Morgan fingerprint density at radius 3 is 2.70 bits per heavy atom. The van der Waals surface area contributed by atoms with Crippen molar-refractivity contribution in [1.29, 1.82) is 0 Å². The summed E-state index contributed by atoms with van der Waals surface area (Å²) in [6.45, 7) is 3.31. The Morgan fingerprint density at radius 2 is 1.96 bits per heavy atom. The van der Waals surface area contributed by atoms with Gasteiger partial charge in [-0.3, -0.25) is 4.90 Å². The maximum Gasteiger partial charge on any atom is 0.246 e. The highest BCUT2D eigenvalue weighted by molar-refractivity contribution is 7.89. The van der Waals surface area contributed by atoms with E-state index in [-0.39, 0.29) is 30.8 Å². The van der Waals surface area contributed by atoms with Gasteiger partial charge in [0.25, 0.3) is 0 Å². The van der Waals surface area contributed by atoms with E-state index in [0.717, 1.165) is 12.6 Å². The molecule has 2 aliphatic rings. The average Bonchev–Trinajstić information content (AvgIpc) is 2.51. The first kappa shape index (κ1) is 16.8. The van der Waals surface area contributed by atoms with Gasteiger partial charge in [0.2, 0.25) is 10.0 Å². The molecule has 1 aromatic rings. The average molecular weight is 346 g/mol. The monoisotopic (exact) mass is 346 g/mol. The Balaban J connectivity index is 1.90. The molecule has 0 unspecified atom stereocenters. The first-order chi connectivity index (χ1) is 10.8. The Labute approximate surface area is 134 Å². The smallest absolute Gasteiger partial charge is 0.246 e. The van der Waals surface area contributed by atoms with E-state index in [1.807, 2.05) is 7.05 Å². The topological polar surface area (TPSA) is 49.9 Å². The number of fused-ring (bicyclic) bond motifs is 1. The molecule has 2 heterocycles. The molecule has 0 spiro atoms. The summed E-state index contributed by atoms with van der Waals surface area (Å²) in [4.78, 5) is 1.61. The highest BCUT2D eigenvalue weighted by Gasteiger charge is 2.40. The van der Waals surface area contributed by atoms with E-state index in [1.54, 1.807) is 0 Å². The number of nitrogens with zero attached hydrogens (tertiary/aromatic N) is 2. The number of ether oxygens (including phenoxy) is 1. The number of halogens is 2. The first-order valence-electron chi connectivity index (χ1n) is 7.58. The fourth-order valence-corrected chi connectivity index (χ4v) is 4.80. The molecule has 8 heteroatoms. The van der Waals surface area contributed by atoms with E-state index in [0.29, 0.717) is 19.1 Å². The standard InChI is InChI=1S/C15H20F2N2O3S/c1-10-7-15(12(17)8-11(10)16)23(20,21)19-4-3-14-13(9-19)18(2)5-6-22-14/h7-8,13-14H,3-6,9H2,1-2H3/t13-,14+/m0/s1. The van der Waals surface area contributed by atoms with Gasteiger partial charge < -0.3 is 4.74 Å². The zero-order valence-electron chi connectivity index (χ0n) is 13.1. The number of hydrogen-bond donors (Lipinski definition) is 0. The Kier molecular flexibility index (Phi) is 4.43. The van der Waals surface area contributed by atoms with Crippen molar-refractivity contribution in [1.82, 2.24) is 9.21 Å². The number of sulfonamides is 1. The minimum absolute atomic E-state index is 0.000000787.